The first-order valence-corrected chi connectivity index (χ1v) is 7.99. The van der Waals surface area contributed by atoms with Gasteiger partial charge in [-0.15, -0.1) is 0 Å². The summed E-state index contributed by atoms with van der Waals surface area (Å²) in [4.78, 5) is 28.4. The highest BCUT2D eigenvalue weighted by molar-refractivity contribution is 6.33. The molecule has 0 spiro atoms. The molecule has 5 nitrogen and oxygen atoms in total. The number of carbonyl (C=O) groups is 1. The van der Waals surface area contributed by atoms with Gasteiger partial charge in [0.2, 0.25) is 0 Å². The summed E-state index contributed by atoms with van der Waals surface area (Å²) in [7, 11) is 0. The number of hydrogen-bond donors (Lipinski definition) is 0. The first kappa shape index (κ1) is 14.9. The summed E-state index contributed by atoms with van der Waals surface area (Å²) in [5, 5.41) is 0.271. The van der Waals surface area contributed by atoms with Crippen molar-refractivity contribution in [2.45, 2.75) is 19.3 Å². The summed E-state index contributed by atoms with van der Waals surface area (Å²) in [5.41, 5.74) is 4.00. The SMILES string of the molecule is C=C1CCc2cc3c(=O)n(-c4nccc(Cl)c4C=O)ccn3c2C1. The summed E-state index contributed by atoms with van der Waals surface area (Å²) in [5.74, 6) is 0.244. The third-order valence-electron chi connectivity index (χ3n) is 4.46. The maximum absolute atomic E-state index is 12.9. The largest absolute Gasteiger partial charge is 0.314 e. The van der Waals surface area contributed by atoms with Crippen molar-refractivity contribution in [3.63, 3.8) is 0 Å². The lowest BCUT2D eigenvalue weighted by molar-refractivity contribution is 0.112. The van der Waals surface area contributed by atoms with Crippen LogP contribution >= 0.6 is 11.6 Å². The molecule has 1 aliphatic rings. The monoisotopic (exact) mass is 339 g/mol. The van der Waals surface area contributed by atoms with Gasteiger partial charge < -0.3 is 4.40 Å². The normalized spacial score (nSPS) is 14.0. The molecule has 0 N–H and O–H groups in total. The van der Waals surface area contributed by atoms with Crippen LogP contribution in [0.2, 0.25) is 5.02 Å². The molecule has 0 saturated carbocycles. The van der Waals surface area contributed by atoms with E-state index < -0.39 is 0 Å². The Balaban J connectivity index is 1.99. The van der Waals surface area contributed by atoms with E-state index in [0.29, 0.717) is 11.8 Å². The van der Waals surface area contributed by atoms with Gasteiger partial charge in [0, 0.05) is 30.7 Å². The quantitative estimate of drug-likeness (QED) is 0.532. The third-order valence-corrected chi connectivity index (χ3v) is 4.79. The summed E-state index contributed by atoms with van der Waals surface area (Å²) in [6.45, 7) is 4.06. The topological polar surface area (TPSA) is 56.4 Å². The fourth-order valence-electron chi connectivity index (χ4n) is 3.24. The van der Waals surface area contributed by atoms with E-state index in [0.717, 1.165) is 25.0 Å². The van der Waals surface area contributed by atoms with Gasteiger partial charge in [-0.2, -0.15) is 0 Å². The second-order valence-electron chi connectivity index (χ2n) is 5.92. The number of pyridine rings is 1. The van der Waals surface area contributed by atoms with E-state index in [1.54, 1.807) is 6.20 Å². The molecule has 0 unspecified atom stereocenters. The molecule has 0 amide bonds. The molecule has 1 aliphatic carbocycles. The Morgan fingerprint density at radius 3 is 2.92 bits per heavy atom. The van der Waals surface area contributed by atoms with Gasteiger partial charge in [0.15, 0.2) is 12.1 Å². The highest BCUT2D eigenvalue weighted by Gasteiger charge is 2.19. The number of nitrogens with zero attached hydrogens (tertiary/aromatic N) is 3. The lowest BCUT2D eigenvalue weighted by Crippen LogP contribution is -2.22. The van der Waals surface area contributed by atoms with Crippen LogP contribution in [0, 0.1) is 0 Å². The standard InChI is InChI=1S/C18H14ClN3O2/c1-11-2-3-12-9-16-18(24)22(7-6-21(16)15(12)8-11)17-13(10-23)14(19)4-5-20-17/h4-7,9-10H,1-3,8H2. The Hall–Kier alpha value is -2.66. The van der Waals surface area contributed by atoms with E-state index in [1.807, 2.05) is 16.7 Å². The Morgan fingerprint density at radius 1 is 1.29 bits per heavy atom. The number of allylic oxidation sites excluding steroid dienone is 1. The Labute approximate surface area is 142 Å². The highest BCUT2D eigenvalue weighted by Crippen LogP contribution is 2.26. The second kappa shape index (κ2) is 5.46. The van der Waals surface area contributed by atoms with Gasteiger partial charge in [-0.1, -0.05) is 23.8 Å². The molecule has 3 aromatic rings. The molecular formula is C18H14ClN3O2. The van der Waals surface area contributed by atoms with Gasteiger partial charge in [-0.05, 0) is 30.5 Å². The van der Waals surface area contributed by atoms with Crippen molar-refractivity contribution < 1.29 is 4.79 Å². The van der Waals surface area contributed by atoms with Gasteiger partial charge in [0.1, 0.15) is 5.52 Å². The molecule has 0 fully saturated rings. The Morgan fingerprint density at radius 2 is 2.12 bits per heavy atom. The predicted molar refractivity (Wildman–Crippen MR) is 92.4 cm³/mol. The van der Waals surface area contributed by atoms with Crippen LogP contribution in [0.25, 0.3) is 11.3 Å². The Bertz CT molecular complexity index is 1060. The molecule has 0 aromatic carbocycles. The minimum Gasteiger partial charge on any atom is -0.314 e. The van der Waals surface area contributed by atoms with Gasteiger partial charge in [-0.25, -0.2) is 4.98 Å². The molecule has 0 aliphatic heterocycles. The number of hydrogen-bond acceptors (Lipinski definition) is 3. The number of aromatic nitrogens is 3. The number of rotatable bonds is 2. The van der Waals surface area contributed by atoms with Crippen molar-refractivity contribution in [2.75, 3.05) is 0 Å². The van der Waals surface area contributed by atoms with Crippen molar-refractivity contribution in [2.24, 2.45) is 0 Å². The number of aldehydes is 1. The van der Waals surface area contributed by atoms with Crippen molar-refractivity contribution >= 4 is 23.4 Å². The smallest absolute Gasteiger partial charge is 0.280 e. The predicted octanol–water partition coefficient (Wildman–Crippen LogP) is 3.00. The minimum atomic E-state index is -0.227. The number of halogens is 1. The average molecular weight is 340 g/mol. The maximum atomic E-state index is 12.9. The molecule has 0 atom stereocenters. The minimum absolute atomic E-state index is 0.204. The van der Waals surface area contributed by atoms with E-state index >= 15 is 0 Å². The summed E-state index contributed by atoms with van der Waals surface area (Å²) >= 11 is 6.05. The lowest BCUT2D eigenvalue weighted by atomic mass is 9.94. The van der Waals surface area contributed by atoms with Gasteiger partial charge in [-0.3, -0.25) is 14.2 Å². The van der Waals surface area contributed by atoms with Gasteiger partial charge in [0.05, 0.1) is 10.6 Å². The fraction of sp³-hybridized carbons (Fsp3) is 0.167. The van der Waals surface area contributed by atoms with Crippen LogP contribution in [0.1, 0.15) is 28.0 Å². The van der Waals surface area contributed by atoms with Crippen LogP contribution < -0.4 is 5.56 Å². The summed E-state index contributed by atoms with van der Waals surface area (Å²) < 4.78 is 3.27. The summed E-state index contributed by atoms with van der Waals surface area (Å²) in [6.07, 6.45) is 8.17. The molecule has 120 valence electrons. The average Bonchev–Trinajstić information content (AvgIpc) is 2.94. The van der Waals surface area contributed by atoms with E-state index in [1.165, 1.54) is 28.0 Å². The lowest BCUT2D eigenvalue weighted by Gasteiger charge is -2.15. The first-order valence-electron chi connectivity index (χ1n) is 7.61. The van der Waals surface area contributed by atoms with Crippen LogP contribution in [0.3, 0.4) is 0 Å². The fourth-order valence-corrected chi connectivity index (χ4v) is 3.42. The molecule has 0 saturated heterocycles. The molecule has 0 radical (unpaired) electrons. The Kier molecular flexibility index (Phi) is 3.39. The second-order valence-corrected chi connectivity index (χ2v) is 6.33. The molecule has 4 rings (SSSR count). The number of carbonyl (C=O) groups excluding carboxylic acids is 1. The third kappa shape index (κ3) is 2.12. The van der Waals surface area contributed by atoms with E-state index in [9.17, 15) is 9.59 Å². The van der Waals surface area contributed by atoms with E-state index in [-0.39, 0.29) is 22.0 Å². The van der Waals surface area contributed by atoms with Crippen LogP contribution in [-0.4, -0.2) is 20.2 Å². The maximum Gasteiger partial charge on any atom is 0.280 e. The van der Waals surface area contributed by atoms with Crippen molar-refractivity contribution in [3.8, 4) is 5.82 Å². The van der Waals surface area contributed by atoms with Gasteiger partial charge in [0.25, 0.3) is 5.56 Å². The van der Waals surface area contributed by atoms with E-state index in [2.05, 4.69) is 11.6 Å². The van der Waals surface area contributed by atoms with Crippen LogP contribution in [0.15, 0.2) is 47.7 Å². The molecular weight excluding hydrogens is 326 g/mol. The zero-order chi connectivity index (χ0) is 16.8. The number of aryl methyl sites for hydroxylation is 1. The van der Waals surface area contributed by atoms with E-state index in [4.69, 9.17) is 11.6 Å². The molecule has 24 heavy (non-hydrogen) atoms. The van der Waals surface area contributed by atoms with Crippen molar-refractivity contribution in [3.05, 3.63) is 75.1 Å². The first-order chi connectivity index (χ1) is 11.6. The molecule has 0 bridgehead atoms. The van der Waals surface area contributed by atoms with Crippen molar-refractivity contribution in [1.29, 1.82) is 0 Å². The van der Waals surface area contributed by atoms with Crippen LogP contribution in [-0.2, 0) is 12.8 Å². The summed E-state index contributed by atoms with van der Waals surface area (Å²) in [6, 6.07) is 3.45. The van der Waals surface area contributed by atoms with Gasteiger partial charge >= 0.3 is 0 Å². The number of fused-ring (bicyclic) bond motifs is 3. The zero-order valence-corrected chi connectivity index (χ0v) is 13.6. The van der Waals surface area contributed by atoms with Crippen LogP contribution in [0.5, 0.6) is 0 Å². The molecule has 3 aromatic heterocycles. The van der Waals surface area contributed by atoms with Crippen molar-refractivity contribution in [1.82, 2.24) is 14.0 Å². The van der Waals surface area contributed by atoms with Crippen LogP contribution in [0.4, 0.5) is 0 Å². The zero-order valence-electron chi connectivity index (χ0n) is 12.8. The molecule has 3 heterocycles. The molecule has 6 heteroatoms. The highest BCUT2D eigenvalue weighted by atomic mass is 35.5.